The van der Waals surface area contributed by atoms with E-state index >= 15 is 0 Å². The number of ether oxygens (including phenoxy) is 1. The third-order valence-electron chi connectivity index (χ3n) is 6.73. The number of allylic oxidation sites excluding steroid dienone is 2. The first-order chi connectivity index (χ1) is 18.2. The molecule has 10 nitrogen and oxygen atoms in total. The molecule has 1 aliphatic heterocycles. The summed E-state index contributed by atoms with van der Waals surface area (Å²) in [4.78, 5) is 53.7. The van der Waals surface area contributed by atoms with E-state index in [2.05, 4.69) is 10.6 Å². The molecule has 0 bridgehead atoms. The molecule has 0 fully saturated rings. The molecule has 11 heteroatoms. The van der Waals surface area contributed by atoms with Crippen LogP contribution in [0.2, 0.25) is 0 Å². The molecule has 1 aromatic carbocycles. The van der Waals surface area contributed by atoms with Gasteiger partial charge in [-0.05, 0) is 79.8 Å². The number of phenols is 1. The number of nitrogens with one attached hydrogen (secondary N) is 2. The van der Waals surface area contributed by atoms with Crippen molar-refractivity contribution in [1.29, 1.82) is 0 Å². The lowest BCUT2D eigenvalue weighted by atomic mass is 9.95. The Morgan fingerprint density at radius 3 is 2.36 bits per heavy atom. The quantitative estimate of drug-likeness (QED) is 0.222. The Balaban J connectivity index is 2.44. The Morgan fingerprint density at radius 1 is 1.08 bits per heavy atom. The molecular formula is C28H40IN3O7. The van der Waals surface area contributed by atoms with Gasteiger partial charge in [0, 0.05) is 19.4 Å². The summed E-state index contributed by atoms with van der Waals surface area (Å²) in [7, 11) is 1.41. The van der Waals surface area contributed by atoms with Gasteiger partial charge in [0.15, 0.2) is 0 Å². The van der Waals surface area contributed by atoms with Crippen molar-refractivity contribution in [3.8, 4) is 5.75 Å². The number of rotatable bonds is 3. The van der Waals surface area contributed by atoms with Crippen LogP contribution in [0.25, 0.3) is 0 Å². The summed E-state index contributed by atoms with van der Waals surface area (Å²) >= 11 is 1.96. The van der Waals surface area contributed by atoms with Crippen molar-refractivity contribution in [2.24, 2.45) is 11.8 Å². The highest BCUT2D eigenvalue weighted by Gasteiger charge is 2.34. The highest BCUT2D eigenvalue weighted by atomic mass is 127. The van der Waals surface area contributed by atoms with E-state index in [1.807, 2.05) is 42.5 Å². The Kier molecular flexibility index (Phi) is 12.2. The van der Waals surface area contributed by atoms with Crippen LogP contribution in [0.4, 0.5) is 0 Å². The normalized spacial score (nSPS) is 29.8. The van der Waals surface area contributed by atoms with E-state index in [1.165, 1.54) is 20.0 Å². The highest BCUT2D eigenvalue weighted by Crippen LogP contribution is 2.22. The maximum absolute atomic E-state index is 13.4. The predicted molar refractivity (Wildman–Crippen MR) is 155 cm³/mol. The molecule has 216 valence electrons. The topological polar surface area (TPSA) is 145 Å². The van der Waals surface area contributed by atoms with Crippen LogP contribution in [0.5, 0.6) is 5.75 Å². The van der Waals surface area contributed by atoms with Crippen LogP contribution >= 0.6 is 22.6 Å². The van der Waals surface area contributed by atoms with Crippen LogP contribution in [0.15, 0.2) is 29.8 Å². The van der Waals surface area contributed by atoms with Gasteiger partial charge in [0.25, 0.3) is 0 Å². The van der Waals surface area contributed by atoms with Gasteiger partial charge < -0.3 is 30.5 Å². The van der Waals surface area contributed by atoms with E-state index in [0.29, 0.717) is 22.0 Å². The second kappa shape index (κ2) is 14.6. The Morgan fingerprint density at radius 2 is 1.74 bits per heavy atom. The first-order valence-corrected chi connectivity index (χ1v) is 14.1. The molecule has 0 saturated carbocycles. The first kappa shape index (κ1) is 32.5. The Hall–Kier alpha value is -2.67. The number of phenolic OH excluding ortho intramolecular Hbond substituents is 1. The maximum Gasteiger partial charge on any atom is 0.328 e. The number of esters is 1. The molecule has 0 spiro atoms. The Labute approximate surface area is 243 Å². The van der Waals surface area contributed by atoms with E-state index in [9.17, 15) is 29.4 Å². The van der Waals surface area contributed by atoms with Crippen molar-refractivity contribution in [2.75, 3.05) is 13.7 Å². The van der Waals surface area contributed by atoms with Gasteiger partial charge in [-0.25, -0.2) is 4.79 Å². The first-order valence-electron chi connectivity index (χ1n) is 13.1. The van der Waals surface area contributed by atoms with Gasteiger partial charge in [0.1, 0.15) is 23.9 Å². The number of carbonyl (C=O) groups is 4. The number of hydrogen-bond donors (Lipinski definition) is 4. The summed E-state index contributed by atoms with van der Waals surface area (Å²) in [6, 6.07) is 1.50. The molecule has 39 heavy (non-hydrogen) atoms. The van der Waals surface area contributed by atoms with Crippen molar-refractivity contribution in [2.45, 2.75) is 78.1 Å². The number of carbonyl (C=O) groups excluding carboxylic acids is 4. The van der Waals surface area contributed by atoms with Gasteiger partial charge >= 0.3 is 5.97 Å². The summed E-state index contributed by atoms with van der Waals surface area (Å²) < 4.78 is 6.14. The smallest absolute Gasteiger partial charge is 0.328 e. The monoisotopic (exact) mass is 657 g/mol. The fraction of sp³-hybridized carbons (Fsp3) is 0.571. The summed E-state index contributed by atoms with van der Waals surface area (Å²) in [5.74, 6) is -2.54. The van der Waals surface area contributed by atoms with Gasteiger partial charge in [-0.3, -0.25) is 14.4 Å². The van der Waals surface area contributed by atoms with Crippen LogP contribution in [0.3, 0.4) is 0 Å². The van der Waals surface area contributed by atoms with Crippen LogP contribution in [0.1, 0.15) is 53.0 Å². The zero-order valence-electron chi connectivity index (χ0n) is 23.4. The Bertz CT molecular complexity index is 1090. The second-order valence-corrected chi connectivity index (χ2v) is 11.7. The molecular weight excluding hydrogens is 617 g/mol. The van der Waals surface area contributed by atoms with Crippen molar-refractivity contribution < 1.29 is 34.1 Å². The number of halogens is 1. The zero-order chi connectivity index (χ0) is 29.4. The average Bonchev–Trinajstić information content (AvgIpc) is 2.85. The number of likely N-dealkylation sites (N-methyl/N-ethyl adjacent to an activating group) is 1. The number of benzene rings is 1. The van der Waals surface area contributed by atoms with Crippen molar-refractivity contribution in [3.05, 3.63) is 39.0 Å². The van der Waals surface area contributed by atoms with Crippen LogP contribution in [0, 0.1) is 15.4 Å². The molecule has 2 rings (SSSR count). The largest absolute Gasteiger partial charge is 0.507 e. The summed E-state index contributed by atoms with van der Waals surface area (Å²) in [6.45, 7) is 8.31. The van der Waals surface area contributed by atoms with E-state index in [4.69, 9.17) is 4.74 Å². The van der Waals surface area contributed by atoms with Crippen molar-refractivity contribution in [1.82, 2.24) is 15.5 Å². The molecule has 1 aliphatic rings. The summed E-state index contributed by atoms with van der Waals surface area (Å²) in [5.41, 5.74) is 1.65. The molecule has 6 atom stereocenters. The van der Waals surface area contributed by atoms with E-state index in [-0.39, 0.29) is 24.0 Å². The van der Waals surface area contributed by atoms with Crippen LogP contribution < -0.4 is 10.6 Å². The molecule has 3 amide bonds. The van der Waals surface area contributed by atoms with E-state index in [1.54, 1.807) is 26.0 Å². The molecule has 1 aromatic rings. The number of aliphatic hydroxyl groups is 1. The molecule has 0 aliphatic carbocycles. The fourth-order valence-corrected chi connectivity index (χ4v) is 5.22. The number of aliphatic hydroxyl groups excluding tert-OH is 1. The van der Waals surface area contributed by atoms with Crippen molar-refractivity contribution >= 4 is 46.3 Å². The van der Waals surface area contributed by atoms with E-state index < -0.39 is 54.5 Å². The molecule has 1 heterocycles. The summed E-state index contributed by atoms with van der Waals surface area (Å²) in [5, 5.41) is 25.1. The maximum atomic E-state index is 13.4. The lowest BCUT2D eigenvalue weighted by Gasteiger charge is -2.31. The lowest BCUT2D eigenvalue weighted by Crippen LogP contribution is -2.58. The molecule has 0 unspecified atom stereocenters. The van der Waals surface area contributed by atoms with Crippen molar-refractivity contribution in [3.63, 3.8) is 0 Å². The molecule has 4 N–H and O–H groups in total. The average molecular weight is 658 g/mol. The molecule has 0 saturated heterocycles. The second-order valence-electron chi connectivity index (χ2n) is 10.5. The van der Waals surface area contributed by atoms with Gasteiger partial charge in [-0.1, -0.05) is 31.6 Å². The highest BCUT2D eigenvalue weighted by molar-refractivity contribution is 14.1. The molecule has 0 radical (unpaired) electrons. The van der Waals surface area contributed by atoms with Gasteiger partial charge in [0.05, 0.1) is 16.3 Å². The van der Waals surface area contributed by atoms with E-state index in [0.717, 1.165) is 10.5 Å². The molecule has 0 aromatic heterocycles. The predicted octanol–water partition coefficient (Wildman–Crippen LogP) is 2.29. The number of hydrogen-bond acceptors (Lipinski definition) is 7. The summed E-state index contributed by atoms with van der Waals surface area (Å²) in [6.07, 6.45) is 2.71. The minimum Gasteiger partial charge on any atom is -0.507 e. The fourth-order valence-electron chi connectivity index (χ4n) is 4.64. The number of aromatic hydroxyl groups is 1. The number of nitrogens with zero attached hydrogens (tertiary/aromatic N) is 1. The van der Waals surface area contributed by atoms with Crippen LogP contribution in [-0.2, 0) is 30.3 Å². The standard InChI is InChI=1S/C28H40IN3O7/c1-15-9-16(2)11-18(4)39-28(38)19(5)30-26(36)23(13-20-7-8-24(34)21(29)12-20)32(6)27(37)22(14-33)31-25(35)17(3)10-15/h7-9,12,16-19,22-23,33-34H,10-11,13-14H2,1-6H3,(H,30,36)(H,31,35)/b15-9+/t16-,17-,18-,19-,22-,23+/m0/s1. The lowest BCUT2D eigenvalue weighted by molar-refractivity contribution is -0.153. The number of cyclic esters (lactones) is 1. The SMILES string of the molecule is C/C1=C\[C@H](C)C[C@H](C)OC(=O)[C@H](C)NC(=O)[C@@H](Cc2ccc(O)c(I)c2)N(C)C(=O)[C@H](CO)NC(=O)[C@@H](C)C1. The minimum atomic E-state index is -1.26. The third-order valence-corrected chi connectivity index (χ3v) is 7.60. The minimum absolute atomic E-state index is 0.0620. The van der Waals surface area contributed by atoms with Gasteiger partial charge in [-0.2, -0.15) is 0 Å². The third kappa shape index (κ3) is 9.48. The van der Waals surface area contributed by atoms with Gasteiger partial charge in [-0.15, -0.1) is 0 Å². The zero-order valence-corrected chi connectivity index (χ0v) is 25.5. The van der Waals surface area contributed by atoms with Crippen LogP contribution in [-0.4, -0.2) is 76.7 Å². The number of amides is 3. The van der Waals surface area contributed by atoms with Gasteiger partial charge in [0.2, 0.25) is 17.7 Å².